The Morgan fingerprint density at radius 1 is 1.38 bits per heavy atom. The van der Waals surface area contributed by atoms with Crippen molar-refractivity contribution in [1.82, 2.24) is 14.5 Å². The Hall–Kier alpha value is -2.22. The molecule has 8 heteroatoms. The summed E-state index contributed by atoms with van der Waals surface area (Å²) in [5.41, 5.74) is 1.60. The molecule has 0 saturated heterocycles. The maximum absolute atomic E-state index is 12.9. The molecule has 0 saturated carbocycles. The quantitative estimate of drug-likeness (QED) is 0.777. The molecule has 3 rings (SSSR count). The number of hydrogen-bond acceptors (Lipinski definition) is 6. The predicted octanol–water partition coefficient (Wildman–Crippen LogP) is 2.80. The van der Waals surface area contributed by atoms with Crippen molar-refractivity contribution in [3.63, 3.8) is 0 Å². The van der Waals surface area contributed by atoms with Crippen LogP contribution in [0.3, 0.4) is 0 Å². The Labute approximate surface area is 156 Å². The molecule has 0 fully saturated rings. The summed E-state index contributed by atoms with van der Waals surface area (Å²) in [5.74, 6) is -0.0402. The molecule has 1 atom stereocenters. The number of aromatic nitrogens is 2. The molecule has 26 heavy (non-hydrogen) atoms. The van der Waals surface area contributed by atoms with Crippen LogP contribution in [-0.4, -0.2) is 45.3 Å². The molecule has 1 amide bonds. The molecule has 140 valence electrons. The van der Waals surface area contributed by atoms with Crippen LogP contribution in [0.1, 0.15) is 48.8 Å². The third kappa shape index (κ3) is 3.25. The number of thiophene rings is 1. The third-order valence-corrected chi connectivity index (χ3v) is 5.95. The Balaban J connectivity index is 1.93. The van der Waals surface area contributed by atoms with E-state index < -0.39 is 0 Å². The van der Waals surface area contributed by atoms with Crippen LogP contribution < -0.4 is 5.56 Å². The summed E-state index contributed by atoms with van der Waals surface area (Å²) < 4.78 is 1.56. The van der Waals surface area contributed by atoms with E-state index in [9.17, 15) is 9.59 Å². The molecule has 0 aromatic carbocycles. The van der Waals surface area contributed by atoms with Gasteiger partial charge in [0.1, 0.15) is 4.83 Å². The number of amides is 1. The van der Waals surface area contributed by atoms with Crippen molar-refractivity contribution in [2.75, 3.05) is 13.1 Å². The van der Waals surface area contributed by atoms with E-state index in [0.29, 0.717) is 40.3 Å². The van der Waals surface area contributed by atoms with Crippen molar-refractivity contribution in [3.8, 4) is 0 Å². The highest BCUT2D eigenvalue weighted by atomic mass is 32.1. The van der Waals surface area contributed by atoms with Gasteiger partial charge in [-0.3, -0.25) is 14.2 Å². The Morgan fingerprint density at radius 2 is 2.12 bits per heavy atom. The summed E-state index contributed by atoms with van der Waals surface area (Å²) in [6, 6.07) is 0. The third-order valence-electron chi connectivity index (χ3n) is 4.76. The number of carbonyl (C=O) groups is 1. The first kappa shape index (κ1) is 18.6. The van der Waals surface area contributed by atoms with Crippen molar-refractivity contribution in [1.29, 1.82) is 0 Å². The fourth-order valence-corrected chi connectivity index (χ4v) is 4.27. The molecule has 2 aromatic rings. The van der Waals surface area contributed by atoms with E-state index in [4.69, 9.17) is 4.84 Å². The molecule has 2 aromatic heterocycles. The van der Waals surface area contributed by atoms with Crippen LogP contribution in [0.5, 0.6) is 0 Å². The molecule has 1 aliphatic rings. The van der Waals surface area contributed by atoms with Gasteiger partial charge in [-0.25, -0.2) is 4.98 Å². The monoisotopic (exact) mass is 376 g/mol. The zero-order valence-electron chi connectivity index (χ0n) is 15.6. The highest BCUT2D eigenvalue weighted by Gasteiger charge is 2.24. The molecule has 7 nitrogen and oxygen atoms in total. The molecule has 0 bridgehead atoms. The Kier molecular flexibility index (Phi) is 5.41. The molecule has 3 heterocycles. The summed E-state index contributed by atoms with van der Waals surface area (Å²) in [6.07, 6.45) is 2.98. The first-order valence-electron chi connectivity index (χ1n) is 8.99. The van der Waals surface area contributed by atoms with Gasteiger partial charge in [0.05, 0.1) is 28.8 Å². The van der Waals surface area contributed by atoms with Crippen LogP contribution in [0.25, 0.3) is 10.2 Å². The highest BCUT2D eigenvalue weighted by Crippen LogP contribution is 2.28. The fraction of sp³-hybridized carbons (Fsp3) is 0.556. The van der Waals surface area contributed by atoms with E-state index in [-0.39, 0.29) is 17.6 Å². The zero-order valence-corrected chi connectivity index (χ0v) is 16.4. The lowest BCUT2D eigenvalue weighted by molar-refractivity contribution is 0.0716. The summed E-state index contributed by atoms with van der Waals surface area (Å²) in [4.78, 5) is 38.4. The van der Waals surface area contributed by atoms with Gasteiger partial charge in [0.15, 0.2) is 6.10 Å². The van der Waals surface area contributed by atoms with Crippen LogP contribution in [0, 0.1) is 6.92 Å². The first-order chi connectivity index (χ1) is 12.5. The summed E-state index contributed by atoms with van der Waals surface area (Å²) in [7, 11) is 0. The highest BCUT2D eigenvalue weighted by molar-refractivity contribution is 7.20. The van der Waals surface area contributed by atoms with E-state index in [2.05, 4.69) is 10.1 Å². The van der Waals surface area contributed by atoms with Gasteiger partial charge in [0, 0.05) is 19.5 Å². The lowest BCUT2D eigenvalue weighted by Gasteiger charge is -2.17. The van der Waals surface area contributed by atoms with Crippen molar-refractivity contribution in [2.24, 2.45) is 5.16 Å². The summed E-state index contributed by atoms with van der Waals surface area (Å²) >= 11 is 1.29. The van der Waals surface area contributed by atoms with E-state index in [1.807, 2.05) is 27.7 Å². The smallest absolute Gasteiger partial charge is 0.264 e. The number of rotatable bonds is 6. The molecule has 0 radical (unpaired) electrons. The maximum Gasteiger partial charge on any atom is 0.264 e. The van der Waals surface area contributed by atoms with Gasteiger partial charge in [0.25, 0.3) is 11.5 Å². The number of carbonyl (C=O) groups excluding carboxylic acids is 1. The van der Waals surface area contributed by atoms with Gasteiger partial charge in [0.2, 0.25) is 0 Å². The minimum absolute atomic E-state index is 0.0402. The SMILES string of the molecule is CCC1=NOC(Cn2cnc3sc(C(=O)N(CC)CC)c(C)c3c2=O)C1. The van der Waals surface area contributed by atoms with Crippen molar-refractivity contribution in [2.45, 2.75) is 53.2 Å². The predicted molar refractivity (Wildman–Crippen MR) is 103 cm³/mol. The lowest BCUT2D eigenvalue weighted by atomic mass is 10.1. The number of fused-ring (bicyclic) bond motifs is 1. The largest absolute Gasteiger partial charge is 0.390 e. The van der Waals surface area contributed by atoms with Gasteiger partial charge in [-0.15, -0.1) is 11.3 Å². The second kappa shape index (κ2) is 7.57. The molecular formula is C18H24N4O3S. The van der Waals surface area contributed by atoms with E-state index >= 15 is 0 Å². The average molecular weight is 376 g/mol. The van der Waals surface area contributed by atoms with Gasteiger partial charge in [-0.05, 0) is 32.8 Å². The summed E-state index contributed by atoms with van der Waals surface area (Å²) in [6.45, 7) is 9.44. The molecule has 0 spiro atoms. The minimum Gasteiger partial charge on any atom is -0.390 e. The number of hydrogen-bond donors (Lipinski definition) is 0. The van der Waals surface area contributed by atoms with Crippen LogP contribution >= 0.6 is 11.3 Å². The second-order valence-electron chi connectivity index (χ2n) is 6.36. The van der Waals surface area contributed by atoms with E-state index in [1.165, 1.54) is 11.3 Å². The maximum atomic E-state index is 12.9. The van der Waals surface area contributed by atoms with E-state index in [1.54, 1.807) is 15.8 Å². The van der Waals surface area contributed by atoms with Crippen LogP contribution in [0.2, 0.25) is 0 Å². The fourth-order valence-electron chi connectivity index (χ4n) is 3.16. The molecule has 1 unspecified atom stereocenters. The van der Waals surface area contributed by atoms with Crippen LogP contribution in [0.4, 0.5) is 0 Å². The Bertz CT molecular complexity index is 911. The normalized spacial score (nSPS) is 16.6. The number of aryl methyl sites for hydroxylation is 1. The average Bonchev–Trinajstić information content (AvgIpc) is 3.23. The zero-order chi connectivity index (χ0) is 18.8. The molecular weight excluding hydrogens is 352 g/mol. The van der Waals surface area contributed by atoms with E-state index in [0.717, 1.165) is 18.6 Å². The minimum atomic E-state index is -0.141. The van der Waals surface area contributed by atoms with Crippen molar-refractivity contribution >= 4 is 33.2 Å². The molecule has 1 aliphatic heterocycles. The van der Waals surface area contributed by atoms with Crippen molar-refractivity contribution in [3.05, 3.63) is 27.1 Å². The van der Waals surface area contributed by atoms with Gasteiger partial charge in [-0.2, -0.15) is 0 Å². The topological polar surface area (TPSA) is 76.8 Å². The summed E-state index contributed by atoms with van der Waals surface area (Å²) in [5, 5.41) is 4.57. The first-order valence-corrected chi connectivity index (χ1v) is 9.81. The molecule has 0 N–H and O–H groups in total. The van der Waals surface area contributed by atoms with Gasteiger partial charge in [-0.1, -0.05) is 12.1 Å². The molecule has 0 aliphatic carbocycles. The van der Waals surface area contributed by atoms with Crippen molar-refractivity contribution < 1.29 is 9.63 Å². The van der Waals surface area contributed by atoms with Crippen LogP contribution in [0.15, 0.2) is 16.3 Å². The Morgan fingerprint density at radius 3 is 2.73 bits per heavy atom. The van der Waals surface area contributed by atoms with Crippen LogP contribution in [-0.2, 0) is 11.4 Å². The van der Waals surface area contributed by atoms with Gasteiger partial charge >= 0.3 is 0 Å². The lowest BCUT2D eigenvalue weighted by Crippen LogP contribution is -2.30. The second-order valence-corrected chi connectivity index (χ2v) is 7.36. The number of oxime groups is 1. The standard InChI is InChI=1S/C18H24N4O3S/c1-5-12-8-13(25-20-12)9-22-10-19-16-14(17(22)23)11(4)15(26-16)18(24)21(6-2)7-3/h10,13H,5-9H2,1-4H3. The van der Waals surface area contributed by atoms with Gasteiger partial charge < -0.3 is 9.74 Å². The number of nitrogens with zero attached hydrogens (tertiary/aromatic N) is 4.